The summed E-state index contributed by atoms with van der Waals surface area (Å²) >= 11 is 1.37. The largest absolute Gasteiger partial charge is 0.416 e. The summed E-state index contributed by atoms with van der Waals surface area (Å²) in [6.07, 6.45) is -3.71. The molecule has 0 saturated heterocycles. The molecule has 0 aliphatic rings. The number of nitrogens with one attached hydrogen (secondary N) is 2. The number of aryl methyl sites for hydroxylation is 2. The van der Waals surface area contributed by atoms with E-state index in [1.54, 1.807) is 12.1 Å². The summed E-state index contributed by atoms with van der Waals surface area (Å²) in [5.74, 6) is -0.274. The average Bonchev–Trinajstić information content (AvgIpc) is 3.31. The van der Waals surface area contributed by atoms with Gasteiger partial charge in [-0.25, -0.2) is 4.39 Å². The Morgan fingerprint density at radius 1 is 1.12 bits per heavy atom. The van der Waals surface area contributed by atoms with Crippen molar-refractivity contribution < 1.29 is 17.6 Å². The first-order chi connectivity index (χ1) is 15.6. The van der Waals surface area contributed by atoms with Crippen molar-refractivity contribution >= 4 is 33.6 Å². The second-order valence-corrected chi connectivity index (χ2v) is 9.02. The molecule has 0 saturated carbocycles. The van der Waals surface area contributed by atoms with E-state index in [1.807, 2.05) is 13.8 Å². The maximum atomic E-state index is 14.2. The Labute approximate surface area is 192 Å². The number of hydrogen-bond donors (Lipinski definition) is 3. The molecular weight excluding hydrogens is 450 g/mol. The Morgan fingerprint density at radius 2 is 1.82 bits per heavy atom. The monoisotopic (exact) mass is 473 g/mol. The molecule has 2 aromatic carbocycles. The Balaban J connectivity index is 1.47. The molecule has 0 radical (unpaired) electrons. The van der Waals surface area contributed by atoms with Crippen LogP contribution < -0.4 is 11.1 Å². The van der Waals surface area contributed by atoms with Crippen molar-refractivity contribution in [1.29, 1.82) is 0 Å². The molecule has 0 amide bonds. The molecule has 0 unspecified atom stereocenters. The Morgan fingerprint density at radius 3 is 2.48 bits per heavy atom. The normalized spacial score (nSPS) is 11.8. The zero-order valence-electron chi connectivity index (χ0n) is 18.2. The number of benzene rings is 2. The summed E-state index contributed by atoms with van der Waals surface area (Å²) in [5, 5.41) is 4.18. The van der Waals surface area contributed by atoms with Crippen molar-refractivity contribution in [3.8, 4) is 10.4 Å². The number of hydrogen-bond acceptors (Lipinski definition) is 3. The van der Waals surface area contributed by atoms with E-state index < -0.39 is 11.7 Å². The first kappa shape index (κ1) is 22.9. The minimum absolute atomic E-state index is 0.274. The second kappa shape index (κ2) is 8.59. The van der Waals surface area contributed by atoms with Gasteiger partial charge in [0.25, 0.3) is 0 Å². The van der Waals surface area contributed by atoms with Crippen LogP contribution in [0.1, 0.15) is 27.3 Å². The molecule has 2 heterocycles. The quantitative estimate of drug-likeness (QED) is 0.263. The SMILES string of the molecule is C=C(NCCc1c(C)[nH]c2c(F)ccc(C)c12)c1sc(-c2ccc(C(F)(F)F)cc2)cc1N. The maximum Gasteiger partial charge on any atom is 0.416 e. The van der Waals surface area contributed by atoms with Crippen LogP contribution in [0.15, 0.2) is 49.0 Å². The zero-order valence-corrected chi connectivity index (χ0v) is 19.0. The van der Waals surface area contributed by atoms with Crippen molar-refractivity contribution in [3.05, 3.63) is 82.1 Å². The minimum Gasteiger partial charge on any atom is -0.397 e. The highest BCUT2D eigenvalue weighted by Gasteiger charge is 2.30. The fraction of sp³-hybridized carbons (Fsp3) is 0.200. The van der Waals surface area contributed by atoms with Crippen LogP contribution in [0.25, 0.3) is 27.0 Å². The highest BCUT2D eigenvalue weighted by atomic mass is 32.1. The fourth-order valence-electron chi connectivity index (χ4n) is 3.98. The number of nitrogens with two attached hydrogens (primary N) is 1. The lowest BCUT2D eigenvalue weighted by Crippen LogP contribution is -2.15. The highest BCUT2D eigenvalue weighted by Crippen LogP contribution is 2.37. The molecule has 0 fully saturated rings. The van der Waals surface area contributed by atoms with Crippen LogP contribution in [0.3, 0.4) is 0 Å². The van der Waals surface area contributed by atoms with Gasteiger partial charge in [-0.05, 0) is 61.2 Å². The number of thiophene rings is 1. The van der Waals surface area contributed by atoms with Gasteiger partial charge in [-0.15, -0.1) is 11.3 Å². The van der Waals surface area contributed by atoms with Crippen molar-refractivity contribution in [3.63, 3.8) is 0 Å². The highest BCUT2D eigenvalue weighted by molar-refractivity contribution is 7.17. The Kier molecular flexibility index (Phi) is 5.97. The number of aromatic nitrogens is 1. The van der Waals surface area contributed by atoms with Crippen molar-refractivity contribution in [1.82, 2.24) is 10.3 Å². The molecule has 0 atom stereocenters. The number of H-pyrrole nitrogens is 1. The zero-order chi connectivity index (χ0) is 23.9. The molecule has 0 aliphatic heterocycles. The molecule has 33 heavy (non-hydrogen) atoms. The number of halogens is 4. The Bertz CT molecular complexity index is 1330. The summed E-state index contributed by atoms with van der Waals surface area (Å²) in [6.45, 7) is 8.53. The van der Waals surface area contributed by atoms with E-state index in [1.165, 1.54) is 29.5 Å². The number of alkyl halides is 3. The summed E-state index contributed by atoms with van der Waals surface area (Å²) in [4.78, 5) is 4.64. The van der Waals surface area contributed by atoms with Crippen LogP contribution in [0.5, 0.6) is 0 Å². The number of rotatable bonds is 6. The van der Waals surface area contributed by atoms with Crippen LogP contribution in [0.4, 0.5) is 23.2 Å². The second-order valence-electron chi connectivity index (χ2n) is 7.97. The third-order valence-corrected chi connectivity index (χ3v) is 6.93. The molecule has 172 valence electrons. The van der Waals surface area contributed by atoms with Crippen LogP contribution in [-0.2, 0) is 12.6 Å². The lowest BCUT2D eigenvalue weighted by atomic mass is 10.0. The van der Waals surface area contributed by atoms with E-state index in [4.69, 9.17) is 5.73 Å². The van der Waals surface area contributed by atoms with Gasteiger partial charge in [0.1, 0.15) is 5.82 Å². The van der Waals surface area contributed by atoms with Crippen molar-refractivity contribution in [2.75, 3.05) is 12.3 Å². The smallest absolute Gasteiger partial charge is 0.397 e. The predicted molar refractivity (Wildman–Crippen MR) is 128 cm³/mol. The van der Waals surface area contributed by atoms with Crippen LogP contribution in [-0.4, -0.2) is 11.5 Å². The van der Waals surface area contributed by atoms with Gasteiger partial charge in [0.2, 0.25) is 0 Å². The third kappa shape index (κ3) is 4.48. The summed E-state index contributed by atoms with van der Waals surface area (Å²) in [5.41, 5.74) is 10.8. The van der Waals surface area contributed by atoms with Gasteiger partial charge in [0.05, 0.1) is 21.6 Å². The van der Waals surface area contributed by atoms with E-state index in [0.717, 1.165) is 44.1 Å². The van der Waals surface area contributed by atoms with Gasteiger partial charge < -0.3 is 16.0 Å². The molecule has 4 rings (SSSR count). The minimum atomic E-state index is -4.37. The van der Waals surface area contributed by atoms with E-state index >= 15 is 0 Å². The van der Waals surface area contributed by atoms with Gasteiger partial charge in [-0.2, -0.15) is 13.2 Å². The maximum absolute atomic E-state index is 14.2. The van der Waals surface area contributed by atoms with Gasteiger partial charge in [0.15, 0.2) is 0 Å². The topological polar surface area (TPSA) is 53.8 Å². The van der Waals surface area contributed by atoms with Crippen LogP contribution >= 0.6 is 11.3 Å². The van der Waals surface area contributed by atoms with Crippen molar-refractivity contribution in [2.45, 2.75) is 26.4 Å². The first-order valence-electron chi connectivity index (χ1n) is 10.3. The molecule has 0 aliphatic carbocycles. The van der Waals surface area contributed by atoms with E-state index in [0.29, 0.717) is 35.4 Å². The number of aromatic amines is 1. The molecule has 0 spiro atoms. The molecule has 2 aromatic heterocycles. The molecule has 0 bridgehead atoms. The summed E-state index contributed by atoms with van der Waals surface area (Å²) in [7, 11) is 0. The lowest BCUT2D eigenvalue weighted by molar-refractivity contribution is -0.137. The standard InChI is InChI=1S/C25H23F4N3S/c1-13-4-9-19(26)23-22(13)18(14(2)32-23)10-11-31-15(3)24-20(30)12-21(33-24)16-5-7-17(8-6-16)25(27,28)29/h4-9,12,31-32H,3,10-11,30H2,1-2H3. The van der Waals surface area contributed by atoms with E-state index in [-0.39, 0.29) is 5.82 Å². The average molecular weight is 474 g/mol. The molecule has 4 N–H and O–H groups in total. The number of fused-ring (bicyclic) bond motifs is 1. The van der Waals surface area contributed by atoms with Gasteiger partial charge in [-0.3, -0.25) is 0 Å². The molecular formula is C25H23F4N3S. The molecule has 3 nitrogen and oxygen atoms in total. The first-order valence-corrected chi connectivity index (χ1v) is 11.1. The molecule has 4 aromatic rings. The van der Waals surface area contributed by atoms with E-state index in [2.05, 4.69) is 16.9 Å². The Hall–Kier alpha value is -3.26. The predicted octanol–water partition coefficient (Wildman–Crippen LogP) is 7.06. The number of anilines is 1. The van der Waals surface area contributed by atoms with Crippen LogP contribution in [0.2, 0.25) is 0 Å². The van der Waals surface area contributed by atoms with Crippen molar-refractivity contribution in [2.24, 2.45) is 0 Å². The van der Waals surface area contributed by atoms with Crippen LogP contribution in [0, 0.1) is 19.7 Å². The summed E-state index contributed by atoms with van der Waals surface area (Å²) in [6, 6.07) is 9.98. The third-order valence-electron chi connectivity index (χ3n) is 5.67. The lowest BCUT2D eigenvalue weighted by Gasteiger charge is -2.10. The summed E-state index contributed by atoms with van der Waals surface area (Å²) < 4.78 is 52.6. The van der Waals surface area contributed by atoms with Gasteiger partial charge in [0, 0.05) is 28.2 Å². The number of nitrogen functional groups attached to an aromatic ring is 1. The van der Waals surface area contributed by atoms with Gasteiger partial charge in [-0.1, -0.05) is 24.8 Å². The fourth-order valence-corrected chi connectivity index (χ4v) is 5.01. The molecule has 8 heteroatoms. The van der Waals surface area contributed by atoms with E-state index in [9.17, 15) is 17.6 Å². The van der Waals surface area contributed by atoms with Gasteiger partial charge >= 0.3 is 6.18 Å².